The van der Waals surface area contributed by atoms with Crippen molar-refractivity contribution in [1.29, 1.82) is 0 Å². The van der Waals surface area contributed by atoms with Crippen LogP contribution in [0.4, 0.5) is 14.9 Å². The fourth-order valence-corrected chi connectivity index (χ4v) is 2.64. The van der Waals surface area contributed by atoms with Gasteiger partial charge in [-0.25, -0.2) is 14.7 Å². The van der Waals surface area contributed by atoms with Crippen LogP contribution < -0.4 is 10.4 Å². The molecule has 0 saturated carbocycles. The standard InChI is InChI=1S/C18H20FN3O2/c19-16-6-8-17(9-7-16)21-10-12-22(13-11-21)18(23)20-24-14-15-4-2-1-3-5-15/h1-9H,10-14H2,(H,20,23). The van der Waals surface area contributed by atoms with Gasteiger partial charge in [0.05, 0.1) is 6.61 Å². The first-order valence-corrected chi connectivity index (χ1v) is 7.93. The average Bonchev–Trinajstić information content (AvgIpc) is 2.63. The number of rotatable bonds is 4. The summed E-state index contributed by atoms with van der Waals surface area (Å²) in [6, 6.07) is 15.8. The van der Waals surface area contributed by atoms with Gasteiger partial charge in [-0.15, -0.1) is 0 Å². The molecule has 24 heavy (non-hydrogen) atoms. The molecule has 0 unspecified atom stereocenters. The third-order valence-corrected chi connectivity index (χ3v) is 4.00. The predicted octanol–water partition coefficient (Wildman–Crippen LogP) is 2.79. The highest BCUT2D eigenvalue weighted by atomic mass is 19.1. The number of piperazine rings is 1. The number of carbonyl (C=O) groups is 1. The lowest BCUT2D eigenvalue weighted by Crippen LogP contribution is -2.51. The third kappa shape index (κ3) is 4.23. The highest BCUT2D eigenvalue weighted by Crippen LogP contribution is 2.16. The number of carbonyl (C=O) groups excluding carboxylic acids is 1. The molecule has 126 valence electrons. The van der Waals surface area contributed by atoms with Crippen molar-refractivity contribution in [3.05, 3.63) is 66.0 Å². The summed E-state index contributed by atoms with van der Waals surface area (Å²) in [6.45, 7) is 2.94. The Labute approximate surface area is 140 Å². The Morgan fingerprint density at radius 2 is 1.67 bits per heavy atom. The number of hydroxylamine groups is 1. The number of hydrogen-bond acceptors (Lipinski definition) is 3. The molecule has 1 aliphatic heterocycles. The molecule has 0 radical (unpaired) electrons. The third-order valence-electron chi connectivity index (χ3n) is 4.00. The van der Waals surface area contributed by atoms with E-state index in [2.05, 4.69) is 10.4 Å². The van der Waals surface area contributed by atoms with E-state index in [0.29, 0.717) is 32.8 Å². The van der Waals surface area contributed by atoms with Crippen molar-refractivity contribution in [2.24, 2.45) is 0 Å². The normalized spacial score (nSPS) is 14.5. The highest BCUT2D eigenvalue weighted by Gasteiger charge is 2.21. The summed E-state index contributed by atoms with van der Waals surface area (Å²) in [4.78, 5) is 21.2. The van der Waals surface area contributed by atoms with E-state index in [1.807, 2.05) is 30.3 Å². The van der Waals surface area contributed by atoms with Gasteiger partial charge in [0.1, 0.15) is 5.82 Å². The quantitative estimate of drug-likeness (QED) is 0.878. The van der Waals surface area contributed by atoms with Crippen LogP contribution in [0.15, 0.2) is 54.6 Å². The number of nitrogens with zero attached hydrogens (tertiary/aromatic N) is 2. The monoisotopic (exact) mass is 329 g/mol. The van der Waals surface area contributed by atoms with E-state index in [1.165, 1.54) is 12.1 Å². The van der Waals surface area contributed by atoms with Crippen LogP contribution in [-0.2, 0) is 11.4 Å². The molecule has 1 N–H and O–H groups in total. The number of hydrogen-bond donors (Lipinski definition) is 1. The first-order chi connectivity index (χ1) is 11.7. The molecule has 2 amide bonds. The number of urea groups is 1. The van der Waals surface area contributed by atoms with Gasteiger partial charge in [0, 0.05) is 31.9 Å². The Morgan fingerprint density at radius 3 is 2.33 bits per heavy atom. The Bertz CT molecular complexity index is 656. The molecular weight excluding hydrogens is 309 g/mol. The van der Waals surface area contributed by atoms with Crippen LogP contribution in [-0.4, -0.2) is 37.1 Å². The molecule has 3 rings (SSSR count). The largest absolute Gasteiger partial charge is 0.368 e. The summed E-state index contributed by atoms with van der Waals surface area (Å²) in [5.41, 5.74) is 4.45. The van der Waals surface area contributed by atoms with Crippen molar-refractivity contribution in [2.75, 3.05) is 31.1 Å². The molecule has 2 aromatic carbocycles. The minimum atomic E-state index is -0.243. The van der Waals surface area contributed by atoms with Crippen LogP contribution in [0.1, 0.15) is 5.56 Å². The van der Waals surface area contributed by atoms with Crippen molar-refractivity contribution in [1.82, 2.24) is 10.4 Å². The number of amides is 2. The minimum absolute atomic E-state index is 0.232. The zero-order valence-corrected chi connectivity index (χ0v) is 13.3. The second-order valence-corrected chi connectivity index (χ2v) is 5.63. The van der Waals surface area contributed by atoms with Gasteiger partial charge >= 0.3 is 6.03 Å². The van der Waals surface area contributed by atoms with Gasteiger partial charge in [0.25, 0.3) is 0 Å². The molecule has 0 atom stereocenters. The van der Waals surface area contributed by atoms with Gasteiger partial charge in [0.15, 0.2) is 0 Å². The second kappa shape index (κ2) is 7.79. The maximum atomic E-state index is 13.0. The lowest BCUT2D eigenvalue weighted by molar-refractivity contribution is 0.0359. The molecule has 0 aliphatic carbocycles. The molecule has 0 aromatic heterocycles. The molecule has 1 heterocycles. The van der Waals surface area contributed by atoms with E-state index in [1.54, 1.807) is 17.0 Å². The topological polar surface area (TPSA) is 44.8 Å². The van der Waals surface area contributed by atoms with Gasteiger partial charge in [-0.05, 0) is 29.8 Å². The van der Waals surface area contributed by atoms with Crippen LogP contribution in [0, 0.1) is 5.82 Å². The maximum absolute atomic E-state index is 13.0. The molecule has 6 heteroatoms. The number of nitrogens with one attached hydrogen (secondary N) is 1. The first-order valence-electron chi connectivity index (χ1n) is 7.93. The van der Waals surface area contributed by atoms with E-state index >= 15 is 0 Å². The van der Waals surface area contributed by atoms with Gasteiger partial charge in [-0.1, -0.05) is 30.3 Å². The van der Waals surface area contributed by atoms with E-state index in [9.17, 15) is 9.18 Å². The summed E-state index contributed by atoms with van der Waals surface area (Å²) in [5, 5.41) is 0. The van der Waals surface area contributed by atoms with Crippen molar-refractivity contribution >= 4 is 11.7 Å². The molecule has 5 nitrogen and oxygen atoms in total. The van der Waals surface area contributed by atoms with Crippen molar-refractivity contribution in [3.8, 4) is 0 Å². The van der Waals surface area contributed by atoms with E-state index in [0.717, 1.165) is 11.3 Å². The highest BCUT2D eigenvalue weighted by molar-refractivity contribution is 5.73. The van der Waals surface area contributed by atoms with E-state index < -0.39 is 0 Å². The Morgan fingerprint density at radius 1 is 1.00 bits per heavy atom. The zero-order valence-electron chi connectivity index (χ0n) is 13.3. The fourth-order valence-electron chi connectivity index (χ4n) is 2.64. The summed E-state index contributed by atoms with van der Waals surface area (Å²) < 4.78 is 13.0. The summed E-state index contributed by atoms with van der Waals surface area (Å²) >= 11 is 0. The zero-order chi connectivity index (χ0) is 16.8. The minimum Gasteiger partial charge on any atom is -0.368 e. The van der Waals surface area contributed by atoms with Crippen LogP contribution in [0.25, 0.3) is 0 Å². The lowest BCUT2D eigenvalue weighted by atomic mass is 10.2. The predicted molar refractivity (Wildman–Crippen MR) is 89.9 cm³/mol. The lowest BCUT2D eigenvalue weighted by Gasteiger charge is -2.35. The van der Waals surface area contributed by atoms with Crippen molar-refractivity contribution in [3.63, 3.8) is 0 Å². The SMILES string of the molecule is O=C(NOCc1ccccc1)N1CCN(c2ccc(F)cc2)CC1. The van der Waals surface area contributed by atoms with Gasteiger partial charge in [0.2, 0.25) is 0 Å². The Kier molecular flexibility index (Phi) is 5.28. The van der Waals surface area contributed by atoms with Crippen LogP contribution in [0.3, 0.4) is 0 Å². The summed E-state index contributed by atoms with van der Waals surface area (Å²) in [6.07, 6.45) is 0. The van der Waals surface area contributed by atoms with Gasteiger partial charge < -0.3 is 9.80 Å². The van der Waals surface area contributed by atoms with Crippen molar-refractivity contribution in [2.45, 2.75) is 6.61 Å². The van der Waals surface area contributed by atoms with Crippen LogP contribution in [0.5, 0.6) is 0 Å². The molecule has 1 fully saturated rings. The van der Waals surface area contributed by atoms with Crippen molar-refractivity contribution < 1.29 is 14.0 Å². The number of benzene rings is 2. The Balaban J connectivity index is 1.42. The molecule has 1 saturated heterocycles. The van der Waals surface area contributed by atoms with Gasteiger partial charge in [-0.3, -0.25) is 4.84 Å². The maximum Gasteiger partial charge on any atom is 0.341 e. The van der Waals surface area contributed by atoms with Crippen LogP contribution >= 0.6 is 0 Å². The van der Waals surface area contributed by atoms with E-state index in [4.69, 9.17) is 4.84 Å². The second-order valence-electron chi connectivity index (χ2n) is 5.63. The molecular formula is C18H20FN3O2. The molecule has 0 bridgehead atoms. The molecule has 1 aliphatic rings. The first kappa shape index (κ1) is 16.3. The average molecular weight is 329 g/mol. The Hall–Kier alpha value is -2.60. The molecule has 0 spiro atoms. The van der Waals surface area contributed by atoms with Gasteiger partial charge in [-0.2, -0.15) is 0 Å². The number of halogens is 1. The molecule has 2 aromatic rings. The fraction of sp³-hybridized carbons (Fsp3) is 0.278. The van der Waals surface area contributed by atoms with E-state index in [-0.39, 0.29) is 11.8 Å². The van der Waals surface area contributed by atoms with Crippen LogP contribution in [0.2, 0.25) is 0 Å². The summed E-state index contributed by atoms with van der Waals surface area (Å²) in [5.74, 6) is -0.243. The number of anilines is 1. The smallest absolute Gasteiger partial charge is 0.341 e. The summed E-state index contributed by atoms with van der Waals surface area (Å²) in [7, 11) is 0.